The van der Waals surface area contributed by atoms with Crippen LogP contribution in [0.5, 0.6) is 0 Å². The van der Waals surface area contributed by atoms with Gasteiger partial charge in [0.2, 0.25) is 5.91 Å². The summed E-state index contributed by atoms with van der Waals surface area (Å²) in [7, 11) is 2.48. The van der Waals surface area contributed by atoms with Crippen molar-refractivity contribution >= 4 is 50.9 Å². The Morgan fingerprint density at radius 2 is 1.55 bits per heavy atom. The number of rotatable bonds is 10. The first-order valence-corrected chi connectivity index (χ1v) is 18.9. The molecule has 2 fully saturated rings. The minimum atomic E-state index is -3.08. The normalized spacial score (nSPS) is 20.2. The van der Waals surface area contributed by atoms with Crippen molar-refractivity contribution in [3.63, 3.8) is 0 Å². The van der Waals surface area contributed by atoms with Crippen molar-refractivity contribution in [1.82, 2.24) is 40.4 Å². The Bertz CT molecular complexity index is 2270. The van der Waals surface area contributed by atoms with E-state index in [9.17, 15) is 28.3 Å². The molecule has 5 aromatic rings. The molecule has 5 N–H and O–H groups in total. The van der Waals surface area contributed by atoms with Crippen molar-refractivity contribution in [2.45, 2.75) is 83.3 Å². The highest BCUT2D eigenvalue weighted by Crippen LogP contribution is 2.43. The van der Waals surface area contributed by atoms with Crippen molar-refractivity contribution < 1.29 is 37.7 Å². The second-order valence-corrected chi connectivity index (χ2v) is 15.5. The molecule has 1 unspecified atom stereocenters. The first-order chi connectivity index (χ1) is 26.7. The van der Waals surface area contributed by atoms with Crippen molar-refractivity contribution in [3.8, 4) is 11.1 Å². The van der Waals surface area contributed by atoms with E-state index in [1.807, 2.05) is 56.3 Å². The van der Waals surface area contributed by atoms with E-state index in [0.29, 0.717) is 29.2 Å². The number of carbonyl (C=O) groups is 3. The number of aliphatic hydroxyl groups is 1. The molecule has 0 aliphatic carbocycles. The fraction of sp³-hybridized carbons (Fsp3) is 0.475. The first kappa shape index (κ1) is 38.9. The van der Waals surface area contributed by atoms with Crippen molar-refractivity contribution in [2.24, 2.45) is 11.8 Å². The summed E-state index contributed by atoms with van der Waals surface area (Å²) in [6, 6.07) is 13.0. The highest BCUT2D eigenvalue weighted by atomic mass is 19.3. The number of amides is 3. The molecule has 3 amide bonds. The molecule has 2 aliphatic heterocycles. The number of aromatic nitrogens is 4. The number of methoxy groups -OCH3 is 2. The fourth-order valence-electron chi connectivity index (χ4n) is 8.08. The van der Waals surface area contributed by atoms with Gasteiger partial charge in [0.15, 0.2) is 0 Å². The Kier molecular flexibility index (Phi) is 10.6. The molecule has 14 nitrogen and oxygen atoms in total. The van der Waals surface area contributed by atoms with Crippen molar-refractivity contribution in [2.75, 3.05) is 27.3 Å². The van der Waals surface area contributed by atoms with E-state index in [2.05, 4.69) is 31.7 Å². The number of alkyl halides is 2. The predicted octanol–water partition coefficient (Wildman–Crippen LogP) is 6.38. The Balaban J connectivity index is 1.14. The molecule has 7 rings (SSSR count). The monoisotopic (exact) mass is 774 g/mol. The number of fused-ring (bicyclic) bond motifs is 4. The zero-order valence-corrected chi connectivity index (χ0v) is 32.2. The summed E-state index contributed by atoms with van der Waals surface area (Å²) in [5.41, 5.74) is 4.68. The number of hydrogen-bond acceptors (Lipinski definition) is 9. The maximum absolute atomic E-state index is 14.9. The van der Waals surface area contributed by atoms with E-state index in [-0.39, 0.29) is 23.8 Å². The Labute approximate surface area is 322 Å². The maximum atomic E-state index is 14.9. The van der Waals surface area contributed by atoms with Gasteiger partial charge < -0.3 is 40.1 Å². The number of hydrogen-bond donors (Lipinski definition) is 5. The molecule has 5 atom stereocenters. The van der Waals surface area contributed by atoms with Gasteiger partial charge in [-0.1, -0.05) is 52.0 Å². The summed E-state index contributed by atoms with van der Waals surface area (Å²) in [5, 5.41) is 18.5. The lowest BCUT2D eigenvalue weighted by Gasteiger charge is -2.35. The lowest BCUT2D eigenvalue weighted by Crippen LogP contribution is -2.54. The number of benzene rings is 3. The van der Waals surface area contributed by atoms with Crippen LogP contribution in [0.4, 0.5) is 18.4 Å². The molecule has 4 heterocycles. The average Bonchev–Trinajstić information content (AvgIpc) is 3.98. The predicted molar refractivity (Wildman–Crippen MR) is 206 cm³/mol. The van der Waals surface area contributed by atoms with Gasteiger partial charge in [-0.2, -0.15) is 0 Å². The number of aliphatic hydroxyl groups excluding tert-OH is 1. The number of nitrogens with one attached hydrogen (secondary N) is 4. The third kappa shape index (κ3) is 7.46. The molecular weight excluding hydrogens is 726 g/mol. The van der Waals surface area contributed by atoms with E-state index in [0.717, 1.165) is 45.8 Å². The zero-order chi connectivity index (χ0) is 40.1. The number of imidazole rings is 2. The average molecular weight is 775 g/mol. The molecule has 3 aromatic carbocycles. The van der Waals surface area contributed by atoms with E-state index in [1.165, 1.54) is 19.1 Å². The van der Waals surface area contributed by atoms with Crippen molar-refractivity contribution in [1.29, 1.82) is 0 Å². The summed E-state index contributed by atoms with van der Waals surface area (Å²) < 4.78 is 39.3. The summed E-state index contributed by atoms with van der Waals surface area (Å²) in [6.07, 6.45) is -1.83. The quantitative estimate of drug-likeness (QED) is 0.108. The van der Waals surface area contributed by atoms with Crippen LogP contribution in [0.15, 0.2) is 48.5 Å². The smallest absolute Gasteiger partial charge is 0.407 e. The second kappa shape index (κ2) is 15.3. The molecular formula is C40H48F2N8O6. The molecule has 298 valence electrons. The molecule has 2 aliphatic rings. The molecule has 56 heavy (non-hydrogen) atoms. The third-order valence-electron chi connectivity index (χ3n) is 11.0. The number of nitrogens with zero attached hydrogens (tertiary/aromatic N) is 4. The van der Waals surface area contributed by atoms with E-state index in [4.69, 9.17) is 14.5 Å². The van der Waals surface area contributed by atoms with Gasteiger partial charge in [0.1, 0.15) is 23.9 Å². The van der Waals surface area contributed by atoms with Crippen LogP contribution in [0.1, 0.15) is 70.7 Å². The third-order valence-corrected chi connectivity index (χ3v) is 11.0. The maximum Gasteiger partial charge on any atom is 0.407 e. The molecule has 16 heteroatoms. The Morgan fingerprint density at radius 3 is 2.27 bits per heavy atom. The summed E-state index contributed by atoms with van der Waals surface area (Å²) >= 11 is 0. The number of ether oxygens (including phenoxy) is 2. The van der Waals surface area contributed by atoms with Crippen LogP contribution in [0, 0.1) is 11.8 Å². The fourth-order valence-corrected chi connectivity index (χ4v) is 8.08. The van der Waals surface area contributed by atoms with Gasteiger partial charge in [-0.25, -0.2) is 28.3 Å². The summed E-state index contributed by atoms with van der Waals surface area (Å²) in [5.74, 6) is -2.69. The lowest BCUT2D eigenvalue weighted by molar-refractivity contribution is -0.135. The van der Waals surface area contributed by atoms with Gasteiger partial charge in [-0.15, -0.1) is 0 Å². The van der Waals surface area contributed by atoms with Gasteiger partial charge in [-0.3, -0.25) is 9.69 Å². The number of aromatic amines is 2. The summed E-state index contributed by atoms with van der Waals surface area (Å²) in [6.45, 7) is 7.18. The molecule has 0 bridgehead atoms. The zero-order valence-electron chi connectivity index (χ0n) is 32.2. The minimum absolute atomic E-state index is 0.141. The second-order valence-electron chi connectivity index (χ2n) is 15.5. The van der Waals surface area contributed by atoms with Crippen LogP contribution in [-0.2, 0) is 14.3 Å². The van der Waals surface area contributed by atoms with E-state index in [1.54, 1.807) is 18.7 Å². The largest absolute Gasteiger partial charge is 0.453 e. The number of halogens is 2. The van der Waals surface area contributed by atoms with Gasteiger partial charge >= 0.3 is 12.2 Å². The van der Waals surface area contributed by atoms with E-state index >= 15 is 0 Å². The molecule has 0 spiro atoms. The van der Waals surface area contributed by atoms with Crippen molar-refractivity contribution in [3.05, 3.63) is 60.2 Å². The van der Waals surface area contributed by atoms with Gasteiger partial charge in [0.05, 0.1) is 61.0 Å². The highest BCUT2D eigenvalue weighted by molar-refractivity contribution is 6.05. The van der Waals surface area contributed by atoms with Crippen LogP contribution in [-0.4, -0.2) is 104 Å². The Morgan fingerprint density at radius 1 is 0.875 bits per heavy atom. The number of H-pyrrole nitrogens is 2. The SMILES string of the molecule is COC(=O)N[C@@H](C(C)C)C(O)N1CC(F)(F)C[C@H]1c1nc2ccc(-c3ccc4c(ccc5[nH]c([C@@H]6CCCN6C(=O)[C@@H](NC(=O)OC)C(C)C)nc54)c3)cc2[nH]1. The van der Waals surface area contributed by atoms with E-state index < -0.39 is 55.4 Å². The standard InChI is InChI=1S/C40H48F2N8O6/c1-20(2)31(47-38(53)55-5)36(51)49-15-7-8-29(49)34-44-27-14-11-24-16-22(9-12-25(24)33(27)46-34)23-10-13-26-28(17-23)45-35(43-26)30-18-40(41,42)19-50(30)37(52)32(21(3)4)48-39(54)56-6/h9-14,16-17,20-21,29-32,37,52H,7-8,15,18-19H2,1-6H3,(H,43,45)(H,44,46)(H,47,53)(H,48,54)/t29-,30-,31-,32-,37?/m0/s1. The number of likely N-dealkylation sites (tertiary alicyclic amines) is 2. The van der Waals surface area contributed by atoms with Crippen LogP contribution < -0.4 is 10.6 Å². The highest BCUT2D eigenvalue weighted by Gasteiger charge is 2.50. The van der Waals surface area contributed by atoms with Gasteiger partial charge in [0.25, 0.3) is 5.92 Å². The molecule has 2 saturated heterocycles. The van der Waals surface area contributed by atoms with Gasteiger partial charge in [0, 0.05) is 18.4 Å². The lowest BCUT2D eigenvalue weighted by atomic mass is 10.0. The van der Waals surface area contributed by atoms with Crippen LogP contribution >= 0.6 is 0 Å². The first-order valence-electron chi connectivity index (χ1n) is 18.9. The summed E-state index contributed by atoms with van der Waals surface area (Å²) in [4.78, 5) is 57.1. The Hall–Kier alpha value is -5.35. The van der Waals surface area contributed by atoms with Crippen LogP contribution in [0.2, 0.25) is 0 Å². The van der Waals surface area contributed by atoms with Crippen LogP contribution in [0.3, 0.4) is 0 Å². The number of alkyl carbamates (subject to hydrolysis) is 2. The van der Waals surface area contributed by atoms with Gasteiger partial charge in [-0.05, 0) is 65.5 Å². The topological polar surface area (TPSA) is 178 Å². The minimum Gasteiger partial charge on any atom is -0.453 e. The molecule has 0 saturated carbocycles. The number of carbonyl (C=O) groups excluding carboxylic acids is 3. The molecule has 0 radical (unpaired) electrons. The molecule has 2 aromatic heterocycles. The van der Waals surface area contributed by atoms with Crippen LogP contribution in [0.25, 0.3) is 44.0 Å².